The number of nitrogens with two attached hydrogens (primary N) is 1. The van der Waals surface area contributed by atoms with Crippen molar-refractivity contribution >= 4 is 0 Å². The first-order valence-corrected chi connectivity index (χ1v) is 5.88. The average Bonchev–Trinajstić information content (AvgIpc) is 2.28. The number of halogens is 3. The minimum atomic E-state index is -4.29. The molecule has 0 aliphatic heterocycles. The summed E-state index contributed by atoms with van der Waals surface area (Å²) in [5.41, 5.74) is 5.82. The van der Waals surface area contributed by atoms with E-state index in [4.69, 9.17) is 5.73 Å². The van der Waals surface area contributed by atoms with E-state index < -0.39 is 11.7 Å². The standard InChI is InChI=1S/C13H18F3N/c1-2-3-4-8-12(17)10-6-5-7-11(9-10)13(14,15)16/h5-7,9,12H,2-4,8,17H2,1H3/t12-/m1/s1. The molecule has 1 atom stereocenters. The second kappa shape index (κ2) is 6.05. The van der Waals surface area contributed by atoms with E-state index in [1.807, 2.05) is 0 Å². The van der Waals surface area contributed by atoms with Gasteiger partial charge >= 0.3 is 6.18 Å². The van der Waals surface area contributed by atoms with Crippen LogP contribution in [0.1, 0.15) is 49.8 Å². The summed E-state index contributed by atoms with van der Waals surface area (Å²) in [6.45, 7) is 2.08. The van der Waals surface area contributed by atoms with Crippen LogP contribution in [0.5, 0.6) is 0 Å². The number of alkyl halides is 3. The van der Waals surface area contributed by atoms with E-state index in [0.717, 1.165) is 37.8 Å². The first-order chi connectivity index (χ1) is 7.95. The topological polar surface area (TPSA) is 26.0 Å². The zero-order valence-corrected chi connectivity index (χ0v) is 9.93. The summed E-state index contributed by atoms with van der Waals surface area (Å²) in [6, 6.07) is 4.99. The maximum atomic E-state index is 12.5. The Morgan fingerprint density at radius 2 is 1.94 bits per heavy atom. The fraction of sp³-hybridized carbons (Fsp3) is 0.538. The van der Waals surface area contributed by atoms with Gasteiger partial charge in [0.25, 0.3) is 0 Å². The van der Waals surface area contributed by atoms with Crippen molar-refractivity contribution in [2.24, 2.45) is 5.73 Å². The van der Waals surface area contributed by atoms with Gasteiger partial charge in [0.15, 0.2) is 0 Å². The lowest BCUT2D eigenvalue weighted by atomic mass is 9.99. The number of unbranched alkanes of at least 4 members (excludes halogenated alkanes) is 2. The third-order valence-corrected chi connectivity index (χ3v) is 2.76. The predicted octanol–water partition coefficient (Wildman–Crippen LogP) is 4.29. The highest BCUT2D eigenvalue weighted by atomic mass is 19.4. The van der Waals surface area contributed by atoms with E-state index in [2.05, 4.69) is 6.92 Å². The Hall–Kier alpha value is -1.03. The van der Waals surface area contributed by atoms with Crippen molar-refractivity contribution in [1.82, 2.24) is 0 Å². The lowest BCUT2D eigenvalue weighted by Crippen LogP contribution is -2.12. The lowest BCUT2D eigenvalue weighted by Gasteiger charge is -2.14. The molecule has 1 nitrogen and oxygen atoms in total. The Kier molecular flexibility index (Phi) is 5.00. The van der Waals surface area contributed by atoms with E-state index >= 15 is 0 Å². The lowest BCUT2D eigenvalue weighted by molar-refractivity contribution is -0.137. The maximum Gasteiger partial charge on any atom is 0.416 e. The fourth-order valence-corrected chi connectivity index (χ4v) is 1.73. The van der Waals surface area contributed by atoms with Crippen molar-refractivity contribution in [3.05, 3.63) is 35.4 Å². The minimum absolute atomic E-state index is 0.302. The summed E-state index contributed by atoms with van der Waals surface area (Å²) in [5, 5.41) is 0. The van der Waals surface area contributed by atoms with E-state index in [1.54, 1.807) is 6.07 Å². The summed E-state index contributed by atoms with van der Waals surface area (Å²) in [4.78, 5) is 0. The highest BCUT2D eigenvalue weighted by Gasteiger charge is 2.30. The van der Waals surface area contributed by atoms with Crippen LogP contribution in [-0.4, -0.2) is 0 Å². The molecular weight excluding hydrogens is 227 g/mol. The Balaban J connectivity index is 2.71. The van der Waals surface area contributed by atoms with Crippen molar-refractivity contribution in [2.45, 2.75) is 44.8 Å². The molecule has 1 aromatic rings. The molecule has 0 radical (unpaired) electrons. The van der Waals surface area contributed by atoms with Gasteiger partial charge in [-0.25, -0.2) is 0 Å². The number of hydrogen-bond donors (Lipinski definition) is 1. The summed E-state index contributed by atoms with van der Waals surface area (Å²) < 4.78 is 37.5. The second-order valence-electron chi connectivity index (χ2n) is 4.23. The fourth-order valence-electron chi connectivity index (χ4n) is 1.73. The monoisotopic (exact) mass is 245 g/mol. The zero-order valence-electron chi connectivity index (χ0n) is 9.93. The van der Waals surface area contributed by atoms with Gasteiger partial charge in [0.05, 0.1) is 5.56 Å². The van der Waals surface area contributed by atoms with E-state index in [1.165, 1.54) is 6.07 Å². The van der Waals surface area contributed by atoms with Gasteiger partial charge in [0, 0.05) is 6.04 Å². The Morgan fingerprint density at radius 1 is 1.24 bits per heavy atom. The zero-order chi connectivity index (χ0) is 12.9. The van der Waals surface area contributed by atoms with Crippen LogP contribution in [0.4, 0.5) is 13.2 Å². The molecule has 0 aliphatic rings. The number of benzene rings is 1. The SMILES string of the molecule is CCCCC[C@@H](N)c1cccc(C(F)(F)F)c1. The Labute approximate surface area is 99.8 Å². The second-order valence-corrected chi connectivity index (χ2v) is 4.23. The molecule has 0 fully saturated rings. The Bertz CT molecular complexity index is 347. The molecule has 0 unspecified atom stereocenters. The van der Waals surface area contributed by atoms with E-state index in [0.29, 0.717) is 5.56 Å². The summed E-state index contributed by atoms with van der Waals surface area (Å²) >= 11 is 0. The third-order valence-electron chi connectivity index (χ3n) is 2.76. The van der Waals surface area contributed by atoms with Crippen molar-refractivity contribution in [2.75, 3.05) is 0 Å². The molecule has 0 aromatic heterocycles. The van der Waals surface area contributed by atoms with Gasteiger partial charge in [0.1, 0.15) is 0 Å². The largest absolute Gasteiger partial charge is 0.416 e. The number of rotatable bonds is 5. The summed E-state index contributed by atoms with van der Waals surface area (Å²) in [5.74, 6) is 0. The van der Waals surface area contributed by atoms with Crippen LogP contribution in [0, 0.1) is 0 Å². The van der Waals surface area contributed by atoms with Crippen molar-refractivity contribution < 1.29 is 13.2 Å². The van der Waals surface area contributed by atoms with Crippen LogP contribution in [0.15, 0.2) is 24.3 Å². The molecule has 4 heteroatoms. The van der Waals surface area contributed by atoms with Gasteiger partial charge in [-0.3, -0.25) is 0 Å². The highest BCUT2D eigenvalue weighted by Crippen LogP contribution is 2.31. The molecule has 2 N–H and O–H groups in total. The molecule has 0 saturated heterocycles. The highest BCUT2D eigenvalue weighted by molar-refractivity contribution is 5.27. The van der Waals surface area contributed by atoms with Crippen LogP contribution in [0.2, 0.25) is 0 Å². The summed E-state index contributed by atoms with van der Waals surface area (Å²) in [6.07, 6.45) is -0.468. The molecule has 0 aliphatic carbocycles. The molecule has 17 heavy (non-hydrogen) atoms. The molecule has 0 spiro atoms. The Morgan fingerprint density at radius 3 is 2.53 bits per heavy atom. The quantitative estimate of drug-likeness (QED) is 0.769. The van der Waals surface area contributed by atoms with Gasteiger partial charge in [-0.2, -0.15) is 13.2 Å². The van der Waals surface area contributed by atoms with Crippen LogP contribution >= 0.6 is 0 Å². The minimum Gasteiger partial charge on any atom is -0.324 e. The molecule has 0 saturated carbocycles. The van der Waals surface area contributed by atoms with Crippen molar-refractivity contribution in [1.29, 1.82) is 0 Å². The number of hydrogen-bond acceptors (Lipinski definition) is 1. The third kappa shape index (κ3) is 4.38. The van der Waals surface area contributed by atoms with Gasteiger partial charge in [-0.15, -0.1) is 0 Å². The van der Waals surface area contributed by atoms with Gasteiger partial charge in [-0.05, 0) is 24.1 Å². The van der Waals surface area contributed by atoms with Crippen LogP contribution in [0.25, 0.3) is 0 Å². The van der Waals surface area contributed by atoms with Crippen LogP contribution in [0.3, 0.4) is 0 Å². The van der Waals surface area contributed by atoms with Crippen molar-refractivity contribution in [3.63, 3.8) is 0 Å². The van der Waals surface area contributed by atoms with Gasteiger partial charge in [-0.1, -0.05) is 38.3 Å². The smallest absolute Gasteiger partial charge is 0.324 e. The molecule has 0 heterocycles. The maximum absolute atomic E-state index is 12.5. The summed E-state index contributed by atoms with van der Waals surface area (Å²) in [7, 11) is 0. The van der Waals surface area contributed by atoms with Crippen LogP contribution < -0.4 is 5.73 Å². The average molecular weight is 245 g/mol. The molecule has 0 bridgehead atoms. The normalized spacial score (nSPS) is 13.7. The molecule has 96 valence electrons. The first kappa shape index (κ1) is 14.0. The van der Waals surface area contributed by atoms with Crippen LogP contribution in [-0.2, 0) is 6.18 Å². The van der Waals surface area contributed by atoms with Crippen molar-refractivity contribution in [3.8, 4) is 0 Å². The first-order valence-electron chi connectivity index (χ1n) is 5.88. The molecule has 1 rings (SSSR count). The van der Waals surface area contributed by atoms with Gasteiger partial charge in [0.2, 0.25) is 0 Å². The molecule has 0 amide bonds. The van der Waals surface area contributed by atoms with E-state index in [-0.39, 0.29) is 6.04 Å². The molecule has 1 aromatic carbocycles. The molecular formula is C13H18F3N. The van der Waals surface area contributed by atoms with Gasteiger partial charge < -0.3 is 5.73 Å². The predicted molar refractivity (Wildman–Crippen MR) is 62.5 cm³/mol. The van der Waals surface area contributed by atoms with E-state index in [9.17, 15) is 13.2 Å².